The van der Waals surface area contributed by atoms with Crippen LogP contribution in [0.4, 0.5) is 5.69 Å². The maximum absolute atomic E-state index is 12.5. The van der Waals surface area contributed by atoms with E-state index in [2.05, 4.69) is 0 Å². The molecule has 1 amide bonds. The van der Waals surface area contributed by atoms with Crippen molar-refractivity contribution in [2.75, 3.05) is 19.6 Å². The largest absolute Gasteiger partial charge is 0.338 e. The zero-order valence-electron chi connectivity index (χ0n) is 11.5. The molecule has 0 aliphatic carbocycles. The van der Waals surface area contributed by atoms with Crippen molar-refractivity contribution in [3.8, 4) is 0 Å². The number of carbonyl (C=O) groups excluding carboxylic acids is 1. The second-order valence-corrected chi connectivity index (χ2v) is 5.22. The van der Waals surface area contributed by atoms with Crippen LogP contribution in [0.25, 0.3) is 0 Å². The molecule has 0 spiro atoms. The average Bonchev–Trinajstić information content (AvgIpc) is 2.45. The Balaban J connectivity index is 2.29. The van der Waals surface area contributed by atoms with Crippen LogP contribution in [-0.2, 0) is 0 Å². The number of piperidine rings is 1. The minimum Gasteiger partial charge on any atom is -0.338 e. The third-order valence-corrected chi connectivity index (χ3v) is 3.79. The monoisotopic (exact) mass is 277 g/mol. The third-order valence-electron chi connectivity index (χ3n) is 3.79. The number of nitro groups is 1. The van der Waals surface area contributed by atoms with Crippen LogP contribution in [-0.4, -0.2) is 35.4 Å². The van der Waals surface area contributed by atoms with Crippen molar-refractivity contribution in [3.05, 3.63) is 39.4 Å². The van der Waals surface area contributed by atoms with E-state index < -0.39 is 4.92 Å². The molecule has 1 aliphatic rings. The summed E-state index contributed by atoms with van der Waals surface area (Å²) >= 11 is 0. The highest BCUT2D eigenvalue weighted by Gasteiger charge is 2.29. The van der Waals surface area contributed by atoms with Gasteiger partial charge in [-0.1, -0.05) is 12.1 Å². The third kappa shape index (κ3) is 2.80. The molecule has 1 atom stereocenters. The number of benzene rings is 1. The summed E-state index contributed by atoms with van der Waals surface area (Å²) in [5.74, 6) is 0.0233. The Morgan fingerprint density at radius 2 is 2.30 bits per heavy atom. The van der Waals surface area contributed by atoms with E-state index in [1.165, 1.54) is 6.07 Å². The topological polar surface area (TPSA) is 89.5 Å². The molecule has 6 heteroatoms. The summed E-state index contributed by atoms with van der Waals surface area (Å²) in [5, 5.41) is 11.2. The summed E-state index contributed by atoms with van der Waals surface area (Å²) < 4.78 is 0. The lowest BCUT2D eigenvalue weighted by Gasteiger charge is -2.32. The smallest absolute Gasteiger partial charge is 0.285 e. The molecule has 1 aromatic carbocycles. The van der Waals surface area contributed by atoms with Crippen molar-refractivity contribution in [2.45, 2.75) is 19.8 Å². The zero-order valence-corrected chi connectivity index (χ0v) is 11.5. The number of hydrogen-bond acceptors (Lipinski definition) is 4. The van der Waals surface area contributed by atoms with E-state index in [-0.39, 0.29) is 23.1 Å². The van der Waals surface area contributed by atoms with E-state index in [0.717, 1.165) is 12.8 Å². The minimum absolute atomic E-state index is 0.0904. The first-order valence-electron chi connectivity index (χ1n) is 6.78. The Morgan fingerprint density at radius 3 is 2.95 bits per heavy atom. The maximum Gasteiger partial charge on any atom is 0.285 e. The van der Waals surface area contributed by atoms with Gasteiger partial charge >= 0.3 is 0 Å². The molecular weight excluding hydrogens is 258 g/mol. The quantitative estimate of drug-likeness (QED) is 0.672. The second kappa shape index (κ2) is 6.00. The molecule has 1 heterocycles. The predicted molar refractivity (Wildman–Crippen MR) is 75.5 cm³/mol. The standard InChI is InChI=1S/C14H19N3O3/c1-10-4-2-6-12(13(10)17(19)20)14(18)16-7-3-5-11(8-15)9-16/h2,4,6,11H,3,5,7-9,15H2,1H3. The summed E-state index contributed by atoms with van der Waals surface area (Å²) in [6.07, 6.45) is 1.91. The van der Waals surface area contributed by atoms with Crippen LogP contribution in [0.1, 0.15) is 28.8 Å². The van der Waals surface area contributed by atoms with Gasteiger partial charge in [-0.15, -0.1) is 0 Å². The van der Waals surface area contributed by atoms with Crippen LogP contribution in [0.2, 0.25) is 0 Å². The fraction of sp³-hybridized carbons (Fsp3) is 0.500. The molecule has 6 nitrogen and oxygen atoms in total. The lowest BCUT2D eigenvalue weighted by atomic mass is 9.97. The van der Waals surface area contributed by atoms with E-state index in [0.29, 0.717) is 25.2 Å². The van der Waals surface area contributed by atoms with Gasteiger partial charge in [0, 0.05) is 18.7 Å². The molecule has 1 fully saturated rings. The lowest BCUT2D eigenvalue weighted by molar-refractivity contribution is -0.385. The molecule has 1 unspecified atom stereocenters. The SMILES string of the molecule is Cc1cccc(C(=O)N2CCCC(CN)C2)c1[N+](=O)[O-]. The first kappa shape index (κ1) is 14.5. The van der Waals surface area contributed by atoms with Crippen molar-refractivity contribution < 1.29 is 9.72 Å². The van der Waals surface area contributed by atoms with Crippen molar-refractivity contribution in [1.82, 2.24) is 4.90 Å². The molecule has 1 aromatic rings. The van der Waals surface area contributed by atoms with Gasteiger partial charge in [-0.05, 0) is 38.3 Å². The Labute approximate surface area is 117 Å². The van der Waals surface area contributed by atoms with E-state index in [1.54, 1.807) is 24.0 Å². The van der Waals surface area contributed by atoms with Crippen LogP contribution in [0, 0.1) is 23.0 Å². The van der Waals surface area contributed by atoms with Crippen LogP contribution in [0.15, 0.2) is 18.2 Å². The molecule has 0 radical (unpaired) electrons. The number of hydrogen-bond donors (Lipinski definition) is 1. The molecule has 2 rings (SSSR count). The molecule has 1 saturated heterocycles. The molecule has 108 valence electrons. The van der Waals surface area contributed by atoms with Crippen molar-refractivity contribution in [3.63, 3.8) is 0 Å². The summed E-state index contributed by atoms with van der Waals surface area (Å²) in [6.45, 7) is 3.41. The number of likely N-dealkylation sites (tertiary alicyclic amines) is 1. The summed E-state index contributed by atoms with van der Waals surface area (Å²) in [6, 6.07) is 4.85. The van der Waals surface area contributed by atoms with Gasteiger partial charge in [0.05, 0.1) is 4.92 Å². The van der Waals surface area contributed by atoms with Crippen molar-refractivity contribution in [1.29, 1.82) is 0 Å². The number of nitro benzene ring substituents is 1. The summed E-state index contributed by atoms with van der Waals surface area (Å²) in [7, 11) is 0. The number of carbonyl (C=O) groups is 1. The zero-order chi connectivity index (χ0) is 14.7. The van der Waals surface area contributed by atoms with Gasteiger partial charge in [-0.2, -0.15) is 0 Å². The van der Waals surface area contributed by atoms with Gasteiger partial charge in [-0.25, -0.2) is 0 Å². The van der Waals surface area contributed by atoms with Gasteiger partial charge in [0.1, 0.15) is 5.56 Å². The summed E-state index contributed by atoms with van der Waals surface area (Å²) in [5.41, 5.74) is 6.25. The highest BCUT2D eigenvalue weighted by molar-refractivity contribution is 5.98. The normalized spacial score (nSPS) is 18.9. The molecule has 0 saturated carbocycles. The van der Waals surface area contributed by atoms with Crippen LogP contribution >= 0.6 is 0 Å². The van der Waals surface area contributed by atoms with E-state index in [1.807, 2.05) is 0 Å². The van der Waals surface area contributed by atoms with E-state index in [9.17, 15) is 14.9 Å². The number of para-hydroxylation sites is 1. The van der Waals surface area contributed by atoms with Crippen LogP contribution < -0.4 is 5.73 Å². The molecule has 20 heavy (non-hydrogen) atoms. The highest BCUT2D eigenvalue weighted by atomic mass is 16.6. The first-order chi connectivity index (χ1) is 9.54. The first-order valence-corrected chi connectivity index (χ1v) is 6.78. The Kier molecular flexibility index (Phi) is 4.34. The predicted octanol–water partition coefficient (Wildman–Crippen LogP) is 1.71. The number of amides is 1. The van der Waals surface area contributed by atoms with Crippen molar-refractivity contribution >= 4 is 11.6 Å². The average molecular weight is 277 g/mol. The van der Waals surface area contributed by atoms with Gasteiger partial charge in [0.2, 0.25) is 0 Å². The maximum atomic E-state index is 12.5. The Morgan fingerprint density at radius 1 is 1.55 bits per heavy atom. The fourth-order valence-electron chi connectivity index (χ4n) is 2.69. The molecule has 2 N–H and O–H groups in total. The van der Waals surface area contributed by atoms with Gasteiger partial charge in [0.25, 0.3) is 11.6 Å². The van der Waals surface area contributed by atoms with Crippen LogP contribution in [0.3, 0.4) is 0 Å². The van der Waals surface area contributed by atoms with Gasteiger partial charge < -0.3 is 10.6 Å². The number of nitrogens with two attached hydrogens (primary N) is 1. The van der Waals surface area contributed by atoms with E-state index in [4.69, 9.17) is 5.73 Å². The fourth-order valence-corrected chi connectivity index (χ4v) is 2.69. The number of nitrogens with zero attached hydrogens (tertiary/aromatic N) is 2. The molecule has 1 aliphatic heterocycles. The second-order valence-electron chi connectivity index (χ2n) is 5.22. The Hall–Kier alpha value is -1.95. The molecule has 0 bridgehead atoms. The van der Waals surface area contributed by atoms with Crippen molar-refractivity contribution in [2.24, 2.45) is 11.7 Å². The summed E-state index contributed by atoms with van der Waals surface area (Å²) in [4.78, 5) is 24.9. The lowest BCUT2D eigenvalue weighted by Crippen LogP contribution is -2.42. The van der Waals surface area contributed by atoms with Gasteiger partial charge in [-0.3, -0.25) is 14.9 Å². The van der Waals surface area contributed by atoms with Gasteiger partial charge in [0.15, 0.2) is 0 Å². The number of aryl methyl sites for hydroxylation is 1. The minimum atomic E-state index is -0.479. The van der Waals surface area contributed by atoms with E-state index >= 15 is 0 Å². The molecular formula is C14H19N3O3. The number of rotatable bonds is 3. The van der Waals surface area contributed by atoms with Crippen LogP contribution in [0.5, 0.6) is 0 Å². The molecule has 0 aromatic heterocycles. The highest BCUT2D eigenvalue weighted by Crippen LogP contribution is 2.26. The Bertz CT molecular complexity index is 530.